The van der Waals surface area contributed by atoms with Crippen molar-refractivity contribution in [1.82, 2.24) is 0 Å². The second-order valence-electron chi connectivity index (χ2n) is 0.254. The molecule has 2 heteroatoms. The monoisotopic (exact) mass is 73.0 g/mol. The molecule has 0 N–H and O–H groups in total. The Kier molecular flexibility index (Phi) is 2.73. The van der Waals surface area contributed by atoms with E-state index < -0.39 is 0 Å². The van der Waals surface area contributed by atoms with E-state index in [0.29, 0.717) is 0 Å². The molecular weight excluding hydrogens is 71.0 g/mol. The Morgan fingerprint density at radius 2 is 2.25 bits per heavy atom. The second-order valence-corrected chi connectivity index (χ2v) is 0.763. The molecule has 0 spiro atoms. The Balaban J connectivity index is 2.73. The first-order chi connectivity index (χ1) is 1.91. The quantitative estimate of drug-likeness (QED) is 0.426. The van der Waals surface area contributed by atoms with Gasteiger partial charge in [0, 0.05) is 5.82 Å². The van der Waals surface area contributed by atoms with E-state index in [0.717, 1.165) is 5.82 Å². The summed E-state index contributed by atoms with van der Waals surface area (Å²) in [5, 5.41) is 0. The van der Waals surface area contributed by atoms with Crippen LogP contribution >= 0.6 is 8.46 Å². The Labute approximate surface area is 26.5 Å². The lowest BCUT2D eigenvalue weighted by molar-refractivity contribution is 0.603. The maximum Gasteiger partial charge on any atom is 0.184 e. The standard InChI is InChI=1S/C2H2OP/c1-2-4-3/h1-2H. The molecule has 0 unspecified atom stereocenters. The van der Waals surface area contributed by atoms with Gasteiger partial charge < -0.3 is 0 Å². The summed E-state index contributed by atoms with van der Waals surface area (Å²) < 4.78 is 9.09. The summed E-state index contributed by atoms with van der Waals surface area (Å²) in [4.78, 5) is 0. The first-order valence-corrected chi connectivity index (χ1v) is 1.66. The molecule has 0 atom stereocenters. The number of rotatable bonds is 1. The molecule has 0 bridgehead atoms. The van der Waals surface area contributed by atoms with Crippen molar-refractivity contribution < 1.29 is 4.57 Å². The maximum absolute atomic E-state index is 9.09. The van der Waals surface area contributed by atoms with Gasteiger partial charge in [-0.2, -0.15) is 0 Å². The van der Waals surface area contributed by atoms with Crippen molar-refractivity contribution in [2.75, 3.05) is 0 Å². The molecule has 0 heterocycles. The first kappa shape index (κ1) is 3.84. The van der Waals surface area contributed by atoms with Crippen LogP contribution in [0.25, 0.3) is 0 Å². The molecule has 0 amide bonds. The van der Waals surface area contributed by atoms with Crippen LogP contribution in [0.4, 0.5) is 0 Å². The highest BCUT2D eigenvalue weighted by molar-refractivity contribution is 7.27. The summed E-state index contributed by atoms with van der Waals surface area (Å²) in [5.74, 6) is 1.04. The lowest BCUT2D eigenvalue weighted by Gasteiger charge is -1.34. The Morgan fingerprint density at radius 1 is 2.00 bits per heavy atom. The third-order valence-electron chi connectivity index (χ3n) is 0.0609. The van der Waals surface area contributed by atoms with Gasteiger partial charge in [0.15, 0.2) is 8.46 Å². The molecule has 0 aliphatic rings. The average Bonchev–Trinajstić information content (AvgIpc) is 1.37. The Bertz CT molecular complexity index is 27.0. The van der Waals surface area contributed by atoms with Crippen LogP contribution in [0, 0.1) is 6.58 Å². The molecule has 0 fully saturated rings. The molecule has 0 rings (SSSR count). The second kappa shape index (κ2) is 2.84. The predicted octanol–water partition coefficient (Wildman–Crippen LogP) is 1.22. The summed E-state index contributed by atoms with van der Waals surface area (Å²) in [7, 11) is -0.0988. The van der Waals surface area contributed by atoms with Crippen molar-refractivity contribution in [3.05, 3.63) is 12.4 Å². The first-order valence-electron chi connectivity index (χ1n) is 0.774. The van der Waals surface area contributed by atoms with Crippen molar-refractivity contribution in [1.29, 1.82) is 0 Å². The van der Waals surface area contributed by atoms with Crippen LogP contribution < -0.4 is 0 Å². The van der Waals surface area contributed by atoms with E-state index in [2.05, 4.69) is 6.58 Å². The largest absolute Gasteiger partial charge is 0.270 e. The molecule has 0 saturated carbocycles. The molecule has 0 aliphatic heterocycles. The lowest BCUT2D eigenvalue weighted by Crippen LogP contribution is -1.03. The van der Waals surface area contributed by atoms with Crippen molar-refractivity contribution in [2.24, 2.45) is 0 Å². The SMILES string of the molecule is [CH]=CP=O. The average molecular weight is 73.0 g/mol. The third-order valence-corrected chi connectivity index (χ3v) is 0.183. The smallest absolute Gasteiger partial charge is 0.184 e. The zero-order valence-corrected chi connectivity index (χ0v) is 2.90. The van der Waals surface area contributed by atoms with Crippen LogP contribution in [0.2, 0.25) is 0 Å². The highest BCUT2D eigenvalue weighted by atomic mass is 31.1. The van der Waals surface area contributed by atoms with Crippen molar-refractivity contribution in [2.45, 2.75) is 0 Å². The summed E-state index contributed by atoms with van der Waals surface area (Å²) >= 11 is 0. The minimum absolute atomic E-state index is 0.0988. The molecule has 0 aromatic carbocycles. The van der Waals surface area contributed by atoms with Crippen LogP contribution in [-0.4, -0.2) is 0 Å². The van der Waals surface area contributed by atoms with E-state index in [1.807, 2.05) is 0 Å². The van der Waals surface area contributed by atoms with E-state index in [1.54, 1.807) is 0 Å². The highest BCUT2D eigenvalue weighted by Crippen LogP contribution is 1.84. The fourth-order valence-electron chi connectivity index (χ4n) is 0. The van der Waals surface area contributed by atoms with Crippen molar-refractivity contribution in [3.8, 4) is 0 Å². The van der Waals surface area contributed by atoms with Gasteiger partial charge in [0.05, 0.1) is 0 Å². The van der Waals surface area contributed by atoms with Crippen molar-refractivity contribution >= 4 is 8.46 Å². The molecule has 0 aliphatic carbocycles. The lowest BCUT2D eigenvalue weighted by atomic mass is 11.3. The van der Waals surface area contributed by atoms with Crippen LogP contribution in [0.3, 0.4) is 0 Å². The fourth-order valence-corrected chi connectivity index (χ4v) is 0. The molecule has 21 valence electrons. The van der Waals surface area contributed by atoms with Gasteiger partial charge in [-0.05, 0) is 0 Å². The van der Waals surface area contributed by atoms with Crippen molar-refractivity contribution in [3.63, 3.8) is 0 Å². The minimum Gasteiger partial charge on any atom is -0.270 e. The summed E-state index contributed by atoms with van der Waals surface area (Å²) in [6, 6.07) is 0. The third kappa shape index (κ3) is 1.84. The van der Waals surface area contributed by atoms with E-state index in [9.17, 15) is 0 Å². The zero-order valence-electron chi connectivity index (χ0n) is 2.01. The topological polar surface area (TPSA) is 17.1 Å². The van der Waals surface area contributed by atoms with Crippen LogP contribution in [-0.2, 0) is 4.57 Å². The molecule has 0 aromatic heterocycles. The normalized spacial score (nSPS) is 7.00. The summed E-state index contributed by atoms with van der Waals surface area (Å²) in [6.45, 7) is 4.58. The minimum atomic E-state index is -0.0988. The summed E-state index contributed by atoms with van der Waals surface area (Å²) in [6.07, 6.45) is 0. The van der Waals surface area contributed by atoms with Gasteiger partial charge >= 0.3 is 0 Å². The Morgan fingerprint density at radius 3 is 2.25 bits per heavy atom. The number of hydrogen-bond donors (Lipinski definition) is 0. The van der Waals surface area contributed by atoms with Gasteiger partial charge in [0.25, 0.3) is 0 Å². The zero-order chi connectivity index (χ0) is 3.41. The predicted molar refractivity (Wildman–Crippen MR) is 16.5 cm³/mol. The fraction of sp³-hybridized carbons (Fsp3) is 0. The van der Waals surface area contributed by atoms with E-state index in [4.69, 9.17) is 4.57 Å². The van der Waals surface area contributed by atoms with E-state index in [-0.39, 0.29) is 8.46 Å². The highest BCUT2D eigenvalue weighted by Gasteiger charge is 1.42. The Hall–Kier alpha value is -0.160. The van der Waals surface area contributed by atoms with Gasteiger partial charge in [-0.3, -0.25) is 4.57 Å². The van der Waals surface area contributed by atoms with E-state index in [1.165, 1.54) is 0 Å². The van der Waals surface area contributed by atoms with Gasteiger partial charge in [0.2, 0.25) is 0 Å². The van der Waals surface area contributed by atoms with Gasteiger partial charge in [-0.1, -0.05) is 6.58 Å². The molecule has 1 radical (unpaired) electrons. The van der Waals surface area contributed by atoms with Gasteiger partial charge in [-0.25, -0.2) is 0 Å². The molecule has 4 heavy (non-hydrogen) atoms. The number of hydrogen-bond acceptors (Lipinski definition) is 1. The van der Waals surface area contributed by atoms with E-state index >= 15 is 0 Å². The van der Waals surface area contributed by atoms with Crippen LogP contribution in [0.15, 0.2) is 5.82 Å². The molecule has 1 nitrogen and oxygen atoms in total. The van der Waals surface area contributed by atoms with Gasteiger partial charge in [-0.15, -0.1) is 0 Å². The van der Waals surface area contributed by atoms with Crippen LogP contribution in [0.5, 0.6) is 0 Å². The molecular formula is C2H2OP. The maximum atomic E-state index is 9.09. The molecule has 0 saturated heterocycles. The van der Waals surface area contributed by atoms with Gasteiger partial charge in [0.1, 0.15) is 0 Å². The molecule has 0 aromatic rings. The van der Waals surface area contributed by atoms with Crippen LogP contribution in [0.1, 0.15) is 0 Å². The summed E-state index contributed by atoms with van der Waals surface area (Å²) in [5.41, 5.74) is 0.